The fourth-order valence-corrected chi connectivity index (χ4v) is 3.87. The molecule has 1 aromatic rings. The van der Waals surface area contributed by atoms with Crippen LogP contribution in [-0.2, 0) is 10.0 Å². The molecule has 0 spiro atoms. The molecule has 0 bridgehead atoms. The third-order valence-electron chi connectivity index (χ3n) is 3.53. The van der Waals surface area contributed by atoms with Crippen LogP contribution in [0.4, 0.5) is 5.69 Å². The Kier molecular flexibility index (Phi) is 4.45. The Hall–Kier alpha value is -1.71. The average Bonchev–Trinajstić information content (AvgIpc) is 2.82. The Labute approximate surface area is 122 Å². The number of benzene rings is 1. The molecule has 2 atom stereocenters. The number of rotatable bonds is 5. The first-order chi connectivity index (χ1) is 9.85. The van der Waals surface area contributed by atoms with Gasteiger partial charge >= 0.3 is 0 Å². The normalized spacial score (nSPS) is 22.2. The molecule has 3 N–H and O–H groups in total. The monoisotopic (exact) mass is 315 g/mol. The number of nitro groups is 1. The number of hydrogen-bond donors (Lipinski definition) is 2. The van der Waals surface area contributed by atoms with E-state index in [-0.39, 0.29) is 16.7 Å². The second-order valence-corrected chi connectivity index (χ2v) is 6.60. The van der Waals surface area contributed by atoms with E-state index >= 15 is 0 Å². The molecule has 1 aromatic carbocycles. The highest BCUT2D eigenvalue weighted by Gasteiger charge is 2.32. The third-order valence-corrected chi connectivity index (χ3v) is 5.07. The maximum Gasteiger partial charge on any atom is 0.293 e. The summed E-state index contributed by atoms with van der Waals surface area (Å²) in [6.07, 6.45) is 2.20. The highest BCUT2D eigenvalue weighted by molar-refractivity contribution is 7.89. The van der Waals surface area contributed by atoms with Crippen LogP contribution in [0.25, 0.3) is 0 Å². The zero-order valence-electron chi connectivity index (χ0n) is 11.5. The van der Waals surface area contributed by atoms with Crippen LogP contribution >= 0.6 is 0 Å². The number of hydrogen-bond acceptors (Lipinski definition) is 6. The minimum absolute atomic E-state index is 0.221. The Balaban J connectivity index is 2.37. The molecular formula is C12H17N3O5S. The lowest BCUT2D eigenvalue weighted by molar-refractivity contribution is -0.387. The summed E-state index contributed by atoms with van der Waals surface area (Å²) in [5.41, 5.74) is 5.31. The van der Waals surface area contributed by atoms with Gasteiger partial charge in [0, 0.05) is 12.1 Å². The van der Waals surface area contributed by atoms with E-state index in [0.717, 1.165) is 18.9 Å². The van der Waals surface area contributed by atoms with Crippen molar-refractivity contribution in [1.82, 2.24) is 4.72 Å². The third kappa shape index (κ3) is 3.31. The lowest BCUT2D eigenvalue weighted by Gasteiger charge is -2.17. The van der Waals surface area contributed by atoms with Gasteiger partial charge in [-0.15, -0.1) is 0 Å². The second-order valence-electron chi connectivity index (χ2n) is 4.91. The van der Waals surface area contributed by atoms with Crippen molar-refractivity contribution in [2.45, 2.75) is 36.2 Å². The smallest absolute Gasteiger partial charge is 0.293 e. The van der Waals surface area contributed by atoms with Crippen LogP contribution in [0, 0.1) is 10.1 Å². The summed E-state index contributed by atoms with van der Waals surface area (Å²) in [5.74, 6) is 0.221. The highest BCUT2D eigenvalue weighted by Crippen LogP contribution is 2.29. The van der Waals surface area contributed by atoms with Gasteiger partial charge in [-0.3, -0.25) is 10.1 Å². The minimum Gasteiger partial charge on any atom is -0.497 e. The number of nitro benzene ring substituents is 1. The summed E-state index contributed by atoms with van der Waals surface area (Å²) in [6.45, 7) is 0. The molecule has 8 nitrogen and oxygen atoms in total. The summed E-state index contributed by atoms with van der Waals surface area (Å²) in [5, 5.41) is 11.1. The summed E-state index contributed by atoms with van der Waals surface area (Å²) < 4.78 is 32.0. The van der Waals surface area contributed by atoms with Crippen molar-refractivity contribution in [3.63, 3.8) is 0 Å². The molecule has 0 saturated heterocycles. The molecule has 9 heteroatoms. The predicted octanol–water partition coefficient (Wildman–Crippen LogP) is 0.761. The van der Waals surface area contributed by atoms with Gasteiger partial charge in [0.15, 0.2) is 4.90 Å². The maximum absolute atomic E-state index is 12.3. The van der Waals surface area contributed by atoms with E-state index in [4.69, 9.17) is 10.5 Å². The van der Waals surface area contributed by atoms with Crippen molar-refractivity contribution < 1.29 is 18.1 Å². The number of nitrogens with two attached hydrogens (primary N) is 1. The Morgan fingerprint density at radius 1 is 1.43 bits per heavy atom. The van der Waals surface area contributed by atoms with Gasteiger partial charge in [-0.05, 0) is 25.0 Å². The van der Waals surface area contributed by atoms with Crippen molar-refractivity contribution in [1.29, 1.82) is 0 Å². The number of nitrogens with zero attached hydrogens (tertiary/aromatic N) is 1. The molecule has 21 heavy (non-hydrogen) atoms. The molecule has 1 aliphatic carbocycles. The van der Waals surface area contributed by atoms with Gasteiger partial charge < -0.3 is 10.5 Å². The predicted molar refractivity (Wildman–Crippen MR) is 75.6 cm³/mol. The van der Waals surface area contributed by atoms with Crippen molar-refractivity contribution in [2.24, 2.45) is 5.73 Å². The van der Waals surface area contributed by atoms with Gasteiger partial charge in [-0.2, -0.15) is 0 Å². The molecule has 116 valence electrons. The Morgan fingerprint density at radius 3 is 2.67 bits per heavy atom. The quantitative estimate of drug-likeness (QED) is 0.610. The molecule has 1 aliphatic rings. The van der Waals surface area contributed by atoms with Crippen LogP contribution in [0.15, 0.2) is 23.1 Å². The first kappa shape index (κ1) is 15.7. The van der Waals surface area contributed by atoms with Crippen LogP contribution in [0.1, 0.15) is 19.3 Å². The Bertz CT molecular complexity index is 646. The SMILES string of the molecule is COc1ccc(S(=O)(=O)NC2CCCC2N)c([N+](=O)[O-])c1. The first-order valence-corrected chi connectivity index (χ1v) is 7.94. The van der Waals surface area contributed by atoms with Crippen LogP contribution in [0.5, 0.6) is 5.75 Å². The lowest BCUT2D eigenvalue weighted by atomic mass is 10.2. The van der Waals surface area contributed by atoms with Crippen molar-refractivity contribution >= 4 is 15.7 Å². The van der Waals surface area contributed by atoms with E-state index in [1.165, 1.54) is 19.2 Å². The van der Waals surface area contributed by atoms with Gasteiger partial charge in [0.05, 0.1) is 18.1 Å². The summed E-state index contributed by atoms with van der Waals surface area (Å²) in [6, 6.07) is 2.97. The number of ether oxygens (including phenoxy) is 1. The van der Waals surface area contributed by atoms with E-state index in [9.17, 15) is 18.5 Å². The lowest BCUT2D eigenvalue weighted by Crippen LogP contribution is -2.43. The average molecular weight is 315 g/mol. The van der Waals surface area contributed by atoms with E-state index in [2.05, 4.69) is 4.72 Å². The molecule has 1 saturated carbocycles. The van der Waals surface area contributed by atoms with Crippen molar-refractivity contribution in [2.75, 3.05) is 7.11 Å². The zero-order valence-corrected chi connectivity index (χ0v) is 12.3. The zero-order chi connectivity index (χ0) is 15.6. The van der Waals surface area contributed by atoms with E-state index in [0.29, 0.717) is 6.42 Å². The molecule has 0 aromatic heterocycles. The fourth-order valence-electron chi connectivity index (χ4n) is 2.39. The van der Waals surface area contributed by atoms with E-state index in [1.807, 2.05) is 0 Å². The van der Waals surface area contributed by atoms with Crippen LogP contribution < -0.4 is 15.2 Å². The van der Waals surface area contributed by atoms with Gasteiger partial charge in [-0.25, -0.2) is 13.1 Å². The number of methoxy groups -OCH3 is 1. The largest absolute Gasteiger partial charge is 0.497 e. The summed E-state index contributed by atoms with van der Waals surface area (Å²) >= 11 is 0. The minimum atomic E-state index is -4.00. The highest BCUT2D eigenvalue weighted by atomic mass is 32.2. The molecule has 2 rings (SSSR count). The molecular weight excluding hydrogens is 298 g/mol. The van der Waals surface area contributed by atoms with Crippen molar-refractivity contribution in [3.8, 4) is 5.75 Å². The maximum atomic E-state index is 12.3. The number of sulfonamides is 1. The molecule has 1 fully saturated rings. The topological polar surface area (TPSA) is 125 Å². The molecule has 0 aliphatic heterocycles. The molecule has 0 heterocycles. The fraction of sp³-hybridized carbons (Fsp3) is 0.500. The van der Waals surface area contributed by atoms with Gasteiger partial charge in [0.1, 0.15) is 5.75 Å². The number of nitrogens with one attached hydrogen (secondary N) is 1. The molecule has 0 amide bonds. The standard InChI is InChI=1S/C12H17N3O5S/c1-20-8-5-6-12(11(7-8)15(16)17)21(18,19)14-10-4-2-3-9(10)13/h5-7,9-10,14H,2-4,13H2,1H3. The van der Waals surface area contributed by atoms with Gasteiger partial charge in [-0.1, -0.05) is 6.42 Å². The first-order valence-electron chi connectivity index (χ1n) is 6.45. The molecule has 0 radical (unpaired) electrons. The summed E-state index contributed by atoms with van der Waals surface area (Å²) in [4.78, 5) is 9.94. The van der Waals surface area contributed by atoms with Crippen LogP contribution in [0.2, 0.25) is 0 Å². The van der Waals surface area contributed by atoms with E-state index < -0.39 is 26.7 Å². The Morgan fingerprint density at radius 2 is 2.14 bits per heavy atom. The van der Waals surface area contributed by atoms with Crippen LogP contribution in [0.3, 0.4) is 0 Å². The van der Waals surface area contributed by atoms with Crippen molar-refractivity contribution in [3.05, 3.63) is 28.3 Å². The van der Waals surface area contributed by atoms with Gasteiger partial charge in [0.25, 0.3) is 5.69 Å². The summed E-state index contributed by atoms with van der Waals surface area (Å²) in [7, 11) is -2.65. The second kappa shape index (κ2) is 5.96. The molecule has 2 unspecified atom stereocenters. The van der Waals surface area contributed by atoms with Crippen LogP contribution in [-0.4, -0.2) is 32.5 Å². The van der Waals surface area contributed by atoms with Gasteiger partial charge in [0.2, 0.25) is 10.0 Å². The van der Waals surface area contributed by atoms with E-state index in [1.54, 1.807) is 0 Å².